The SMILES string of the molecule is CN1CCC(O)(Cn2cc(-c3ccncc3)ncc2=O)C2(CCCC2)C1. The Bertz CT molecular complexity index is 829. The predicted molar refractivity (Wildman–Crippen MR) is 99.7 cm³/mol. The van der Waals surface area contributed by atoms with E-state index in [4.69, 9.17) is 0 Å². The van der Waals surface area contributed by atoms with Gasteiger partial charge in [-0.2, -0.15) is 0 Å². The number of likely N-dealkylation sites (tertiary alicyclic amines) is 1. The van der Waals surface area contributed by atoms with Crippen LogP contribution in [0, 0.1) is 5.41 Å². The maximum atomic E-state index is 12.5. The van der Waals surface area contributed by atoms with Crippen molar-refractivity contribution in [1.82, 2.24) is 19.4 Å². The van der Waals surface area contributed by atoms with Crippen molar-refractivity contribution >= 4 is 0 Å². The summed E-state index contributed by atoms with van der Waals surface area (Å²) in [4.78, 5) is 23.1. The largest absolute Gasteiger partial charge is 0.387 e. The molecule has 1 unspecified atom stereocenters. The second-order valence-corrected chi connectivity index (χ2v) is 7.98. The first-order valence-electron chi connectivity index (χ1n) is 9.39. The van der Waals surface area contributed by atoms with Crippen molar-refractivity contribution in [2.24, 2.45) is 5.41 Å². The van der Waals surface area contributed by atoms with Gasteiger partial charge in [-0.15, -0.1) is 0 Å². The molecule has 1 saturated heterocycles. The van der Waals surface area contributed by atoms with Gasteiger partial charge in [0.25, 0.3) is 5.56 Å². The van der Waals surface area contributed by atoms with Crippen LogP contribution in [0.1, 0.15) is 32.1 Å². The molecule has 1 spiro atoms. The van der Waals surface area contributed by atoms with Crippen molar-refractivity contribution in [3.63, 3.8) is 0 Å². The first-order valence-corrected chi connectivity index (χ1v) is 9.39. The van der Waals surface area contributed by atoms with Crippen molar-refractivity contribution in [2.75, 3.05) is 20.1 Å². The Morgan fingerprint density at radius 2 is 1.92 bits per heavy atom. The van der Waals surface area contributed by atoms with Gasteiger partial charge in [-0.3, -0.25) is 9.78 Å². The van der Waals surface area contributed by atoms with Gasteiger partial charge in [0.05, 0.1) is 24.0 Å². The van der Waals surface area contributed by atoms with Crippen molar-refractivity contribution < 1.29 is 5.11 Å². The molecule has 6 heteroatoms. The maximum absolute atomic E-state index is 12.5. The molecule has 0 bridgehead atoms. The van der Waals surface area contributed by atoms with Gasteiger partial charge < -0.3 is 14.6 Å². The Balaban J connectivity index is 1.69. The Hall–Kier alpha value is -2.05. The van der Waals surface area contributed by atoms with Crippen molar-refractivity contribution in [3.05, 3.63) is 47.3 Å². The van der Waals surface area contributed by atoms with E-state index >= 15 is 0 Å². The molecule has 26 heavy (non-hydrogen) atoms. The van der Waals surface area contributed by atoms with E-state index in [1.807, 2.05) is 12.1 Å². The first-order chi connectivity index (χ1) is 12.5. The smallest absolute Gasteiger partial charge is 0.269 e. The average Bonchev–Trinajstić information content (AvgIpc) is 3.11. The summed E-state index contributed by atoms with van der Waals surface area (Å²) in [6.45, 7) is 2.09. The van der Waals surface area contributed by atoms with Crippen LogP contribution in [0.25, 0.3) is 11.3 Å². The number of nitrogens with zero attached hydrogens (tertiary/aromatic N) is 4. The minimum absolute atomic E-state index is 0.112. The lowest BCUT2D eigenvalue weighted by Crippen LogP contribution is -2.60. The summed E-state index contributed by atoms with van der Waals surface area (Å²) in [5.41, 5.74) is 0.517. The normalized spacial score (nSPS) is 25.6. The molecule has 2 aromatic rings. The molecule has 0 radical (unpaired) electrons. The fraction of sp³-hybridized carbons (Fsp3) is 0.550. The molecule has 0 amide bonds. The lowest BCUT2D eigenvalue weighted by molar-refractivity contribution is -0.139. The Morgan fingerprint density at radius 1 is 1.19 bits per heavy atom. The molecule has 1 saturated carbocycles. The minimum atomic E-state index is -0.850. The molecule has 3 heterocycles. The standard InChI is InChI=1S/C20H26N4O2/c1-23-11-8-20(26,19(14-23)6-2-3-7-19)15-24-13-17(22-12-18(24)25)16-4-9-21-10-5-16/h4-5,9-10,12-13,26H,2-3,6-8,11,14-15H2,1H3. The van der Waals surface area contributed by atoms with Crippen molar-refractivity contribution in [3.8, 4) is 11.3 Å². The van der Waals surface area contributed by atoms with Crippen molar-refractivity contribution in [2.45, 2.75) is 44.2 Å². The molecule has 138 valence electrons. The van der Waals surface area contributed by atoms with Crippen LogP contribution in [0.4, 0.5) is 0 Å². The molecule has 1 aliphatic heterocycles. The van der Waals surface area contributed by atoms with Gasteiger partial charge in [-0.1, -0.05) is 12.8 Å². The first kappa shape index (κ1) is 17.4. The van der Waals surface area contributed by atoms with Gasteiger partial charge in [0.2, 0.25) is 0 Å². The second-order valence-electron chi connectivity index (χ2n) is 7.98. The quantitative estimate of drug-likeness (QED) is 0.912. The maximum Gasteiger partial charge on any atom is 0.269 e. The second kappa shape index (κ2) is 6.59. The van der Waals surface area contributed by atoms with Gasteiger partial charge in [-0.25, -0.2) is 4.98 Å². The molecule has 6 nitrogen and oxygen atoms in total. The summed E-state index contributed by atoms with van der Waals surface area (Å²) in [5.74, 6) is 0. The number of rotatable bonds is 3. The molecule has 0 aromatic carbocycles. The zero-order chi connectivity index (χ0) is 18.2. The van der Waals surface area contributed by atoms with E-state index < -0.39 is 5.60 Å². The molecule has 2 fully saturated rings. The highest BCUT2D eigenvalue weighted by Crippen LogP contribution is 2.51. The van der Waals surface area contributed by atoms with E-state index in [1.54, 1.807) is 23.2 Å². The predicted octanol–water partition coefficient (Wildman–Crippen LogP) is 1.93. The molecule has 1 atom stereocenters. The third-order valence-corrected chi connectivity index (χ3v) is 6.31. The van der Waals surface area contributed by atoms with Gasteiger partial charge in [0.1, 0.15) is 0 Å². The van der Waals surface area contributed by atoms with E-state index in [1.165, 1.54) is 6.20 Å². The summed E-state index contributed by atoms with van der Waals surface area (Å²) in [5, 5.41) is 11.7. The highest BCUT2D eigenvalue weighted by Gasteiger charge is 2.54. The average molecular weight is 354 g/mol. The van der Waals surface area contributed by atoms with Gasteiger partial charge in [-0.05, 0) is 38.4 Å². The van der Waals surface area contributed by atoms with Crippen LogP contribution >= 0.6 is 0 Å². The monoisotopic (exact) mass is 354 g/mol. The molecule has 1 N–H and O–H groups in total. The van der Waals surface area contributed by atoms with E-state index in [9.17, 15) is 9.90 Å². The summed E-state index contributed by atoms with van der Waals surface area (Å²) in [6.07, 6.45) is 11.6. The highest BCUT2D eigenvalue weighted by molar-refractivity contribution is 5.56. The molecular weight excluding hydrogens is 328 g/mol. The fourth-order valence-electron chi connectivity index (χ4n) is 4.83. The van der Waals surface area contributed by atoms with E-state index in [0.717, 1.165) is 50.0 Å². The minimum Gasteiger partial charge on any atom is -0.387 e. The van der Waals surface area contributed by atoms with Crippen LogP contribution in [0.3, 0.4) is 0 Å². The van der Waals surface area contributed by atoms with Gasteiger partial charge in [0, 0.05) is 42.7 Å². The summed E-state index contributed by atoms with van der Waals surface area (Å²) < 4.78 is 1.65. The topological polar surface area (TPSA) is 71.2 Å². The lowest BCUT2D eigenvalue weighted by atomic mass is 9.66. The number of hydrogen-bond acceptors (Lipinski definition) is 5. The summed E-state index contributed by atoms with van der Waals surface area (Å²) in [7, 11) is 2.12. The van der Waals surface area contributed by atoms with Crippen LogP contribution in [0.15, 0.2) is 41.7 Å². The fourth-order valence-corrected chi connectivity index (χ4v) is 4.83. The third-order valence-electron chi connectivity index (χ3n) is 6.31. The van der Waals surface area contributed by atoms with E-state index in [-0.39, 0.29) is 11.0 Å². The van der Waals surface area contributed by atoms with E-state index in [2.05, 4.69) is 21.9 Å². The number of piperidine rings is 1. The number of pyridine rings is 1. The highest BCUT2D eigenvalue weighted by atomic mass is 16.3. The zero-order valence-electron chi connectivity index (χ0n) is 15.3. The molecule has 4 rings (SSSR count). The molecular formula is C20H26N4O2. The number of hydrogen-bond donors (Lipinski definition) is 1. The Kier molecular flexibility index (Phi) is 4.40. The van der Waals surface area contributed by atoms with Crippen LogP contribution in [0.2, 0.25) is 0 Å². The van der Waals surface area contributed by atoms with Crippen LogP contribution in [0.5, 0.6) is 0 Å². The number of aliphatic hydroxyl groups is 1. The molecule has 2 aliphatic rings. The summed E-state index contributed by atoms with van der Waals surface area (Å²) in [6, 6.07) is 3.75. The number of aromatic nitrogens is 3. The third kappa shape index (κ3) is 2.97. The van der Waals surface area contributed by atoms with Crippen LogP contribution in [-0.4, -0.2) is 50.3 Å². The Labute approximate surface area is 153 Å². The lowest BCUT2D eigenvalue weighted by Gasteiger charge is -2.51. The zero-order valence-corrected chi connectivity index (χ0v) is 15.3. The summed E-state index contributed by atoms with van der Waals surface area (Å²) >= 11 is 0. The van der Waals surface area contributed by atoms with Gasteiger partial charge in [0.15, 0.2) is 0 Å². The van der Waals surface area contributed by atoms with Crippen LogP contribution in [-0.2, 0) is 6.54 Å². The van der Waals surface area contributed by atoms with E-state index in [0.29, 0.717) is 13.0 Å². The van der Waals surface area contributed by atoms with Crippen LogP contribution < -0.4 is 5.56 Å². The Morgan fingerprint density at radius 3 is 2.65 bits per heavy atom. The van der Waals surface area contributed by atoms with Crippen molar-refractivity contribution in [1.29, 1.82) is 0 Å². The molecule has 2 aromatic heterocycles. The molecule has 1 aliphatic carbocycles. The van der Waals surface area contributed by atoms with Gasteiger partial charge >= 0.3 is 0 Å².